The molecule has 4 nitrogen and oxygen atoms in total. The summed E-state index contributed by atoms with van der Waals surface area (Å²) >= 11 is 0. The third-order valence-corrected chi connectivity index (χ3v) is 6.37. The Bertz CT molecular complexity index is 1030. The van der Waals surface area contributed by atoms with Gasteiger partial charge in [-0.2, -0.15) is 13.2 Å². The zero-order valence-electron chi connectivity index (χ0n) is 17.1. The molecule has 1 N–H and O–H groups in total. The number of hydrogen-bond donors (Lipinski definition) is 1. The molecule has 0 aromatic heterocycles. The van der Waals surface area contributed by atoms with E-state index in [-0.39, 0.29) is 24.0 Å². The number of amides is 2. The molecule has 1 heterocycles. The highest BCUT2D eigenvalue weighted by molar-refractivity contribution is 6.09. The van der Waals surface area contributed by atoms with Crippen LogP contribution in [0.25, 0.3) is 0 Å². The maximum absolute atomic E-state index is 13.2. The topological polar surface area (TPSA) is 49.4 Å². The normalized spacial score (nSPS) is 23.2. The Balaban J connectivity index is 1.63. The van der Waals surface area contributed by atoms with Crippen LogP contribution >= 0.6 is 0 Å². The van der Waals surface area contributed by atoms with Crippen LogP contribution in [0.15, 0.2) is 36.4 Å². The van der Waals surface area contributed by atoms with Crippen LogP contribution in [0.4, 0.5) is 24.5 Å². The number of aryl methyl sites for hydroxylation is 3. The highest BCUT2D eigenvalue weighted by Gasteiger charge is 2.63. The monoisotopic (exact) mass is 416 g/mol. The molecule has 0 bridgehead atoms. The van der Waals surface area contributed by atoms with Crippen LogP contribution < -0.4 is 10.2 Å². The standard InChI is InChI=1S/C23H23F3N2O2/c1-13-9-16(23(24,25)26)11-17(10-13)27-21(30)22-8-7-18(22)20(29)28(12-22)19-14(2)5-4-6-15(19)3/h4-6,9-11,18H,7-8,12H2,1-3H3,(H,27,30)/t18-,22-/m1/s1. The van der Waals surface area contributed by atoms with Crippen LogP contribution in [0, 0.1) is 32.1 Å². The van der Waals surface area contributed by atoms with E-state index in [0.29, 0.717) is 18.4 Å². The lowest BCUT2D eigenvalue weighted by atomic mass is 9.61. The SMILES string of the molecule is Cc1cc(NC(=O)[C@@]23CC[C@@H]2C(=O)N(c2c(C)cccc2C)C3)cc(C(F)(F)F)c1. The summed E-state index contributed by atoms with van der Waals surface area (Å²) in [6.07, 6.45) is -3.35. The largest absolute Gasteiger partial charge is 0.416 e. The summed E-state index contributed by atoms with van der Waals surface area (Å²) in [6.45, 7) is 5.64. The van der Waals surface area contributed by atoms with Gasteiger partial charge in [0, 0.05) is 17.9 Å². The van der Waals surface area contributed by atoms with Gasteiger partial charge in [-0.3, -0.25) is 9.59 Å². The van der Waals surface area contributed by atoms with E-state index < -0.39 is 23.1 Å². The summed E-state index contributed by atoms with van der Waals surface area (Å²) in [4.78, 5) is 27.9. The first kappa shape index (κ1) is 20.4. The van der Waals surface area contributed by atoms with E-state index in [9.17, 15) is 22.8 Å². The minimum Gasteiger partial charge on any atom is -0.326 e. The molecule has 2 atom stereocenters. The predicted molar refractivity (Wildman–Crippen MR) is 108 cm³/mol. The lowest BCUT2D eigenvalue weighted by Crippen LogP contribution is -2.49. The average Bonchev–Trinajstić information content (AvgIpc) is 2.80. The van der Waals surface area contributed by atoms with E-state index in [1.807, 2.05) is 32.0 Å². The first-order valence-electron chi connectivity index (χ1n) is 9.91. The summed E-state index contributed by atoms with van der Waals surface area (Å²) < 4.78 is 39.4. The molecule has 0 radical (unpaired) electrons. The van der Waals surface area contributed by atoms with E-state index in [1.54, 1.807) is 11.8 Å². The Morgan fingerprint density at radius 3 is 2.37 bits per heavy atom. The second-order valence-electron chi connectivity index (χ2n) is 8.45. The van der Waals surface area contributed by atoms with Crippen molar-refractivity contribution in [1.82, 2.24) is 0 Å². The van der Waals surface area contributed by atoms with Crippen molar-refractivity contribution in [1.29, 1.82) is 0 Å². The predicted octanol–water partition coefficient (Wildman–Crippen LogP) is 5.01. The number of anilines is 2. The first-order chi connectivity index (χ1) is 14.0. The van der Waals surface area contributed by atoms with Crippen molar-refractivity contribution in [2.75, 3.05) is 16.8 Å². The van der Waals surface area contributed by atoms with Gasteiger partial charge in [0.15, 0.2) is 0 Å². The van der Waals surface area contributed by atoms with Crippen LogP contribution in [0.1, 0.15) is 35.1 Å². The first-order valence-corrected chi connectivity index (χ1v) is 9.91. The van der Waals surface area contributed by atoms with E-state index in [4.69, 9.17) is 0 Å². The molecule has 1 saturated carbocycles. The number of hydrogen-bond acceptors (Lipinski definition) is 2. The molecule has 1 saturated heterocycles. The number of fused-ring (bicyclic) bond motifs is 1. The Kier molecular flexibility index (Phi) is 4.67. The molecule has 1 aliphatic carbocycles. The Labute approximate surface area is 173 Å². The molecule has 2 fully saturated rings. The molecular weight excluding hydrogens is 393 g/mol. The van der Waals surface area contributed by atoms with Gasteiger partial charge >= 0.3 is 6.18 Å². The van der Waals surface area contributed by atoms with Gasteiger partial charge in [-0.05, 0) is 68.5 Å². The summed E-state index contributed by atoms with van der Waals surface area (Å²) in [5.74, 6) is -0.919. The molecule has 2 amide bonds. The number of para-hydroxylation sites is 1. The zero-order chi connectivity index (χ0) is 21.8. The van der Waals surface area contributed by atoms with Gasteiger partial charge in [0.05, 0.1) is 16.9 Å². The van der Waals surface area contributed by atoms with Crippen LogP contribution in [-0.4, -0.2) is 18.4 Å². The highest BCUT2D eigenvalue weighted by atomic mass is 19.4. The van der Waals surface area contributed by atoms with Crippen molar-refractivity contribution in [3.05, 3.63) is 58.7 Å². The van der Waals surface area contributed by atoms with Crippen LogP contribution in [0.2, 0.25) is 0 Å². The molecular formula is C23H23F3N2O2. The van der Waals surface area contributed by atoms with E-state index >= 15 is 0 Å². The van der Waals surface area contributed by atoms with E-state index in [1.165, 1.54) is 6.07 Å². The van der Waals surface area contributed by atoms with Crippen molar-refractivity contribution in [2.45, 2.75) is 39.8 Å². The number of halogens is 3. The number of carbonyl (C=O) groups is 2. The van der Waals surface area contributed by atoms with Gasteiger partial charge in [-0.25, -0.2) is 0 Å². The fourth-order valence-corrected chi connectivity index (χ4v) is 4.77. The fourth-order valence-electron chi connectivity index (χ4n) is 4.77. The minimum absolute atomic E-state index is 0.0889. The Hall–Kier alpha value is -2.83. The third kappa shape index (κ3) is 3.16. The molecule has 2 aromatic carbocycles. The number of nitrogens with zero attached hydrogens (tertiary/aromatic N) is 1. The average molecular weight is 416 g/mol. The highest BCUT2D eigenvalue weighted by Crippen LogP contribution is 2.54. The third-order valence-electron chi connectivity index (χ3n) is 6.37. The van der Waals surface area contributed by atoms with Gasteiger partial charge < -0.3 is 10.2 Å². The minimum atomic E-state index is -4.49. The molecule has 0 spiro atoms. The molecule has 2 aromatic rings. The number of nitrogens with one attached hydrogen (secondary N) is 1. The molecule has 1 aliphatic heterocycles. The second-order valence-corrected chi connectivity index (χ2v) is 8.45. The molecule has 30 heavy (non-hydrogen) atoms. The lowest BCUT2D eigenvalue weighted by Gasteiger charge is -2.40. The van der Waals surface area contributed by atoms with Gasteiger partial charge in [-0.15, -0.1) is 0 Å². The summed E-state index contributed by atoms with van der Waals surface area (Å²) in [5, 5.41) is 2.66. The Morgan fingerprint density at radius 2 is 1.80 bits per heavy atom. The molecule has 2 aliphatic rings. The lowest BCUT2D eigenvalue weighted by molar-refractivity contribution is -0.139. The number of benzene rings is 2. The fraction of sp³-hybridized carbons (Fsp3) is 0.391. The molecule has 0 unspecified atom stereocenters. The summed E-state index contributed by atoms with van der Waals surface area (Å²) in [5.41, 5.74) is 1.52. The molecule has 4 rings (SSSR count). The number of alkyl halides is 3. The van der Waals surface area contributed by atoms with Crippen LogP contribution in [0.3, 0.4) is 0 Å². The maximum Gasteiger partial charge on any atom is 0.416 e. The van der Waals surface area contributed by atoms with E-state index in [2.05, 4.69) is 5.32 Å². The maximum atomic E-state index is 13.2. The number of carbonyl (C=O) groups excluding carboxylic acids is 2. The Morgan fingerprint density at radius 1 is 1.13 bits per heavy atom. The van der Waals surface area contributed by atoms with Gasteiger partial charge in [0.25, 0.3) is 0 Å². The quantitative estimate of drug-likeness (QED) is 0.765. The summed E-state index contributed by atoms with van der Waals surface area (Å²) in [7, 11) is 0. The van der Waals surface area contributed by atoms with Crippen molar-refractivity contribution >= 4 is 23.2 Å². The van der Waals surface area contributed by atoms with Gasteiger partial charge in [0.2, 0.25) is 11.8 Å². The zero-order valence-corrected chi connectivity index (χ0v) is 17.1. The van der Waals surface area contributed by atoms with Crippen molar-refractivity contribution < 1.29 is 22.8 Å². The van der Waals surface area contributed by atoms with Crippen molar-refractivity contribution in [3.8, 4) is 0 Å². The number of rotatable bonds is 3. The van der Waals surface area contributed by atoms with Crippen LogP contribution in [0.5, 0.6) is 0 Å². The van der Waals surface area contributed by atoms with E-state index in [0.717, 1.165) is 28.9 Å². The van der Waals surface area contributed by atoms with Crippen molar-refractivity contribution in [2.24, 2.45) is 11.3 Å². The van der Waals surface area contributed by atoms with Crippen molar-refractivity contribution in [3.63, 3.8) is 0 Å². The van der Waals surface area contributed by atoms with Crippen LogP contribution in [-0.2, 0) is 15.8 Å². The molecule has 158 valence electrons. The molecule has 7 heteroatoms. The van der Waals surface area contributed by atoms with Gasteiger partial charge in [0.1, 0.15) is 0 Å². The smallest absolute Gasteiger partial charge is 0.326 e. The second kappa shape index (κ2) is 6.86. The van der Waals surface area contributed by atoms with Gasteiger partial charge in [-0.1, -0.05) is 18.2 Å². The summed E-state index contributed by atoms with van der Waals surface area (Å²) in [6, 6.07) is 9.26.